The number of aromatic carboxylic acids is 1. The average molecular weight is 568 g/mol. The number of thiazole rings is 1. The van der Waals surface area contributed by atoms with Gasteiger partial charge in [-0.25, -0.2) is 18.6 Å². The van der Waals surface area contributed by atoms with Gasteiger partial charge in [0, 0.05) is 36.8 Å². The summed E-state index contributed by atoms with van der Waals surface area (Å²) in [5.74, 6) is -1.93. The summed E-state index contributed by atoms with van der Waals surface area (Å²) in [6.45, 7) is 3.72. The number of benzene rings is 2. The Morgan fingerprint density at radius 2 is 1.98 bits per heavy atom. The number of hydrogen-bond donors (Lipinski definition) is 3. The van der Waals surface area contributed by atoms with Crippen LogP contribution in [0.15, 0.2) is 36.4 Å². The number of fused-ring (bicyclic) bond motifs is 3. The van der Waals surface area contributed by atoms with Gasteiger partial charge in [0.25, 0.3) is 5.91 Å². The SMILES string of the molecule is O=C(NCCCN1CCC(F)CC1)c1ccc2c(c1)sc1nc(-c3ccc([C@@H]4CCCN4)cc3F)c(C(=O)O)n12. The highest BCUT2D eigenvalue weighted by molar-refractivity contribution is 7.23. The van der Waals surface area contributed by atoms with Crippen LogP contribution in [0, 0.1) is 5.82 Å². The number of hydrogen-bond acceptors (Lipinski definition) is 6. The molecule has 0 aliphatic carbocycles. The van der Waals surface area contributed by atoms with Crippen molar-refractivity contribution in [2.75, 3.05) is 32.7 Å². The lowest BCUT2D eigenvalue weighted by Gasteiger charge is -2.28. The van der Waals surface area contributed by atoms with Crippen LogP contribution in [0.25, 0.3) is 26.4 Å². The monoisotopic (exact) mass is 567 g/mol. The van der Waals surface area contributed by atoms with Gasteiger partial charge >= 0.3 is 5.97 Å². The van der Waals surface area contributed by atoms with Crippen LogP contribution in [0.4, 0.5) is 8.78 Å². The lowest BCUT2D eigenvalue weighted by Crippen LogP contribution is -2.36. The minimum absolute atomic E-state index is 0.0849. The number of amides is 1. The second-order valence-corrected chi connectivity index (χ2v) is 11.5. The summed E-state index contributed by atoms with van der Waals surface area (Å²) in [4.78, 5) is 32.3. The number of carbonyl (C=O) groups excluding carboxylic acids is 1. The highest BCUT2D eigenvalue weighted by Gasteiger charge is 2.26. The fourth-order valence-corrected chi connectivity index (χ4v) is 6.80. The zero-order valence-electron chi connectivity index (χ0n) is 22.0. The highest BCUT2D eigenvalue weighted by atomic mass is 32.1. The maximum Gasteiger partial charge on any atom is 0.355 e. The first-order valence-electron chi connectivity index (χ1n) is 13.7. The summed E-state index contributed by atoms with van der Waals surface area (Å²) in [6.07, 6.45) is 3.19. The van der Waals surface area contributed by atoms with Crippen molar-refractivity contribution in [3.63, 3.8) is 0 Å². The van der Waals surface area contributed by atoms with Gasteiger partial charge in [-0.15, -0.1) is 0 Å². The molecule has 0 unspecified atom stereocenters. The van der Waals surface area contributed by atoms with E-state index in [4.69, 9.17) is 0 Å². The number of alkyl halides is 1. The Bertz CT molecular complexity index is 1570. The maximum atomic E-state index is 15.2. The van der Waals surface area contributed by atoms with Gasteiger partial charge in [-0.2, -0.15) is 0 Å². The van der Waals surface area contributed by atoms with E-state index in [0.29, 0.717) is 40.1 Å². The summed E-state index contributed by atoms with van der Waals surface area (Å²) in [6, 6.07) is 10.1. The molecule has 2 fully saturated rings. The molecule has 0 bridgehead atoms. The van der Waals surface area contributed by atoms with E-state index < -0.39 is 18.0 Å². The van der Waals surface area contributed by atoms with Gasteiger partial charge in [0.15, 0.2) is 10.7 Å². The average Bonchev–Trinajstić information content (AvgIpc) is 3.67. The van der Waals surface area contributed by atoms with Gasteiger partial charge in [-0.05, 0) is 81.1 Å². The standard InChI is InChI=1S/C29H31F2N5O3S/c30-19-8-13-35(14-9-19)12-2-11-33-27(37)18-5-7-23-24(16-18)40-29-34-25(26(28(38)39)36(23)29)20-6-4-17(15-21(20)31)22-3-1-10-32-22/h4-7,15-16,19,22,32H,1-3,8-14H2,(H,33,37)(H,38,39)/t22-/m0/s1. The number of carboxylic acid groups (broad SMARTS) is 1. The van der Waals surface area contributed by atoms with Crippen molar-refractivity contribution in [3.05, 3.63) is 59.0 Å². The van der Waals surface area contributed by atoms with Crippen LogP contribution < -0.4 is 10.6 Å². The molecule has 4 heterocycles. The van der Waals surface area contributed by atoms with Crippen LogP contribution in [0.3, 0.4) is 0 Å². The number of likely N-dealkylation sites (tertiary alicyclic amines) is 1. The number of nitrogens with zero attached hydrogens (tertiary/aromatic N) is 3. The molecule has 0 spiro atoms. The fraction of sp³-hybridized carbons (Fsp3) is 0.414. The maximum absolute atomic E-state index is 15.2. The fourth-order valence-electron chi connectivity index (χ4n) is 5.74. The number of imidazole rings is 1. The number of nitrogens with one attached hydrogen (secondary N) is 2. The second kappa shape index (κ2) is 11.2. The lowest BCUT2D eigenvalue weighted by atomic mass is 10.0. The van der Waals surface area contributed by atoms with E-state index >= 15 is 4.39 Å². The molecule has 6 rings (SSSR count). The molecular weight excluding hydrogens is 536 g/mol. The predicted molar refractivity (Wildman–Crippen MR) is 150 cm³/mol. The summed E-state index contributed by atoms with van der Waals surface area (Å²) in [7, 11) is 0. The van der Waals surface area contributed by atoms with Crippen molar-refractivity contribution in [1.29, 1.82) is 0 Å². The Kier molecular flexibility index (Phi) is 7.52. The summed E-state index contributed by atoms with van der Waals surface area (Å²) >= 11 is 1.26. The third-order valence-electron chi connectivity index (χ3n) is 7.88. The minimum atomic E-state index is -1.21. The van der Waals surface area contributed by atoms with E-state index in [1.807, 2.05) is 6.07 Å². The molecule has 1 amide bonds. The summed E-state index contributed by atoms with van der Waals surface area (Å²) in [5.41, 5.74) is 2.02. The summed E-state index contributed by atoms with van der Waals surface area (Å²) in [5, 5.41) is 16.4. The topological polar surface area (TPSA) is 99.0 Å². The van der Waals surface area contributed by atoms with Gasteiger partial charge < -0.3 is 20.6 Å². The molecule has 8 nitrogen and oxygen atoms in total. The summed E-state index contributed by atoms with van der Waals surface area (Å²) < 4.78 is 30.8. The van der Waals surface area contributed by atoms with E-state index in [2.05, 4.69) is 20.5 Å². The van der Waals surface area contributed by atoms with Crippen molar-refractivity contribution in [3.8, 4) is 11.3 Å². The van der Waals surface area contributed by atoms with Crippen LogP contribution in [-0.4, -0.2) is 70.2 Å². The quantitative estimate of drug-likeness (QED) is 0.258. The number of rotatable bonds is 8. The zero-order chi connectivity index (χ0) is 27.8. The first kappa shape index (κ1) is 26.8. The Labute approximate surface area is 234 Å². The largest absolute Gasteiger partial charge is 0.476 e. The Hall–Kier alpha value is -3.41. The molecule has 210 valence electrons. The van der Waals surface area contributed by atoms with E-state index in [1.165, 1.54) is 21.8 Å². The van der Waals surface area contributed by atoms with Crippen LogP contribution in [0.5, 0.6) is 0 Å². The molecule has 4 aromatic rings. The van der Waals surface area contributed by atoms with Crippen molar-refractivity contribution in [2.45, 2.75) is 44.3 Å². The van der Waals surface area contributed by atoms with Gasteiger partial charge in [-0.1, -0.05) is 17.4 Å². The van der Waals surface area contributed by atoms with Crippen LogP contribution in [-0.2, 0) is 0 Å². The van der Waals surface area contributed by atoms with Crippen molar-refractivity contribution >= 4 is 38.4 Å². The first-order valence-corrected chi connectivity index (χ1v) is 14.6. The van der Waals surface area contributed by atoms with Crippen LogP contribution >= 0.6 is 11.3 Å². The third-order valence-corrected chi connectivity index (χ3v) is 8.88. The van der Waals surface area contributed by atoms with Crippen LogP contribution in [0.2, 0.25) is 0 Å². The minimum Gasteiger partial charge on any atom is -0.476 e. The number of piperidine rings is 1. The molecule has 2 aromatic carbocycles. The van der Waals surface area contributed by atoms with E-state index in [0.717, 1.165) is 51.0 Å². The molecule has 3 N–H and O–H groups in total. The predicted octanol–water partition coefficient (Wildman–Crippen LogP) is 5.03. The second-order valence-electron chi connectivity index (χ2n) is 10.5. The van der Waals surface area contributed by atoms with E-state index in [1.54, 1.807) is 24.3 Å². The smallest absolute Gasteiger partial charge is 0.355 e. The number of aromatic nitrogens is 2. The molecule has 2 saturated heterocycles. The lowest BCUT2D eigenvalue weighted by molar-refractivity contribution is 0.0690. The first-order chi connectivity index (χ1) is 19.4. The molecular formula is C29H31F2N5O3S. The molecule has 11 heteroatoms. The van der Waals surface area contributed by atoms with Gasteiger partial charge in [-0.3, -0.25) is 9.20 Å². The Morgan fingerprint density at radius 3 is 2.70 bits per heavy atom. The van der Waals surface area contributed by atoms with E-state index in [9.17, 15) is 19.1 Å². The van der Waals surface area contributed by atoms with Gasteiger partial charge in [0.2, 0.25) is 0 Å². The van der Waals surface area contributed by atoms with Crippen molar-refractivity contribution in [1.82, 2.24) is 24.9 Å². The third kappa shape index (κ3) is 5.21. The molecule has 1 atom stereocenters. The van der Waals surface area contributed by atoms with E-state index in [-0.39, 0.29) is 28.9 Å². The number of carbonyl (C=O) groups is 2. The Morgan fingerprint density at radius 1 is 1.15 bits per heavy atom. The molecule has 40 heavy (non-hydrogen) atoms. The molecule has 2 aliphatic heterocycles. The number of carboxylic acids is 1. The Balaban J connectivity index is 1.21. The molecule has 2 aliphatic rings. The highest BCUT2D eigenvalue weighted by Crippen LogP contribution is 2.35. The molecule has 2 aromatic heterocycles. The number of halogens is 2. The normalized spacial score (nSPS) is 18.6. The van der Waals surface area contributed by atoms with Gasteiger partial charge in [0.1, 0.15) is 17.7 Å². The molecule has 0 radical (unpaired) electrons. The van der Waals surface area contributed by atoms with Gasteiger partial charge in [0.05, 0.1) is 10.2 Å². The molecule has 0 saturated carbocycles. The van der Waals surface area contributed by atoms with Crippen molar-refractivity contribution in [2.24, 2.45) is 0 Å². The van der Waals surface area contributed by atoms with Crippen LogP contribution in [0.1, 0.15) is 64.6 Å². The zero-order valence-corrected chi connectivity index (χ0v) is 22.8. The van der Waals surface area contributed by atoms with Crippen molar-refractivity contribution < 1.29 is 23.5 Å².